The molecule has 9 heteroatoms. The van der Waals surface area contributed by atoms with Crippen LogP contribution in [0.15, 0.2) is 24.3 Å². The molecule has 0 radical (unpaired) electrons. The van der Waals surface area contributed by atoms with Crippen LogP contribution in [0, 0.1) is 6.92 Å². The van der Waals surface area contributed by atoms with Crippen LogP contribution < -0.4 is 10.2 Å². The number of hydrogen-bond donors (Lipinski definition) is 2. The zero-order chi connectivity index (χ0) is 18.8. The Balaban J connectivity index is 1.48. The first-order valence-electron chi connectivity index (χ1n) is 8.82. The van der Waals surface area contributed by atoms with E-state index in [1.54, 1.807) is 0 Å². The van der Waals surface area contributed by atoms with Crippen molar-refractivity contribution in [3.63, 3.8) is 0 Å². The first kappa shape index (κ1) is 17.9. The van der Waals surface area contributed by atoms with Crippen LogP contribution in [0.5, 0.6) is 0 Å². The molecule has 1 aliphatic heterocycles. The minimum atomic E-state index is -0.244. The number of aromatic amines is 1. The third kappa shape index (κ3) is 3.96. The van der Waals surface area contributed by atoms with Crippen LogP contribution in [-0.4, -0.2) is 39.2 Å². The lowest BCUT2D eigenvalue weighted by Gasteiger charge is -2.24. The predicted molar refractivity (Wildman–Crippen MR) is 108 cm³/mol. The summed E-state index contributed by atoms with van der Waals surface area (Å²) in [4.78, 5) is 24.3. The normalized spacial score (nSPS) is 14.4. The molecule has 0 atom stereocenters. The van der Waals surface area contributed by atoms with E-state index in [1.165, 1.54) is 17.8 Å². The van der Waals surface area contributed by atoms with Gasteiger partial charge < -0.3 is 4.90 Å². The van der Waals surface area contributed by atoms with Crippen molar-refractivity contribution in [1.29, 1.82) is 0 Å². The van der Waals surface area contributed by atoms with Gasteiger partial charge >= 0.3 is 0 Å². The molecule has 2 aromatic heterocycles. The van der Waals surface area contributed by atoms with Crippen molar-refractivity contribution in [3.8, 4) is 10.6 Å². The smallest absolute Gasteiger partial charge is 0.270 e. The van der Waals surface area contributed by atoms with Crippen molar-refractivity contribution in [2.75, 3.05) is 23.3 Å². The summed E-state index contributed by atoms with van der Waals surface area (Å²) >= 11 is 7.28. The average molecular weight is 403 g/mol. The van der Waals surface area contributed by atoms with Crippen molar-refractivity contribution < 1.29 is 4.79 Å². The summed E-state index contributed by atoms with van der Waals surface area (Å²) in [5, 5.41) is 11.3. The Hall–Kier alpha value is -2.45. The van der Waals surface area contributed by atoms with Gasteiger partial charge in [0.15, 0.2) is 0 Å². The fraction of sp³-hybridized carbons (Fsp3) is 0.333. The molecule has 1 fully saturated rings. The Morgan fingerprint density at radius 2 is 1.93 bits per heavy atom. The van der Waals surface area contributed by atoms with Gasteiger partial charge in [0.05, 0.1) is 5.69 Å². The maximum Gasteiger partial charge on any atom is 0.270 e. The maximum absolute atomic E-state index is 12.7. The number of hydrogen-bond acceptors (Lipinski definition) is 6. The lowest BCUT2D eigenvalue weighted by molar-refractivity contribution is 0.102. The van der Waals surface area contributed by atoms with Crippen LogP contribution in [0.25, 0.3) is 10.6 Å². The van der Waals surface area contributed by atoms with E-state index in [-0.39, 0.29) is 5.91 Å². The Labute approximate surface area is 165 Å². The molecular formula is C18H19ClN6OS. The first-order valence-corrected chi connectivity index (χ1v) is 10.0. The molecule has 2 N–H and O–H groups in total. The van der Waals surface area contributed by atoms with Crippen LogP contribution in [-0.2, 0) is 0 Å². The SMILES string of the molecule is Cc1nc(-c2ccc(Cl)cc2)sc1C(=O)Nc1nc(N2CCCCC2)n[nH]1. The van der Waals surface area contributed by atoms with Gasteiger partial charge in [-0.05, 0) is 38.3 Å². The quantitative estimate of drug-likeness (QED) is 0.685. The van der Waals surface area contributed by atoms with E-state index in [0.717, 1.165) is 36.5 Å². The Bertz CT molecular complexity index is 945. The van der Waals surface area contributed by atoms with Gasteiger partial charge in [-0.25, -0.2) is 10.1 Å². The minimum Gasteiger partial charge on any atom is -0.340 e. The molecule has 140 valence electrons. The van der Waals surface area contributed by atoms with E-state index in [2.05, 4.69) is 30.4 Å². The van der Waals surface area contributed by atoms with Crippen LogP contribution in [0.3, 0.4) is 0 Å². The fourth-order valence-corrected chi connectivity index (χ4v) is 4.12. The number of rotatable bonds is 4. The summed E-state index contributed by atoms with van der Waals surface area (Å²) in [5.74, 6) is 0.737. The molecule has 0 saturated carbocycles. The lowest BCUT2D eigenvalue weighted by Crippen LogP contribution is -2.30. The minimum absolute atomic E-state index is 0.244. The summed E-state index contributed by atoms with van der Waals surface area (Å²) in [6, 6.07) is 7.40. The molecule has 1 aliphatic rings. The topological polar surface area (TPSA) is 86.8 Å². The molecule has 1 saturated heterocycles. The second-order valence-electron chi connectivity index (χ2n) is 6.43. The molecule has 0 unspecified atom stereocenters. The van der Waals surface area contributed by atoms with E-state index in [0.29, 0.717) is 27.5 Å². The molecule has 0 aliphatic carbocycles. The highest BCUT2D eigenvalue weighted by molar-refractivity contribution is 7.17. The van der Waals surface area contributed by atoms with Gasteiger partial charge in [0.2, 0.25) is 11.9 Å². The molecule has 1 amide bonds. The van der Waals surface area contributed by atoms with E-state index in [1.807, 2.05) is 31.2 Å². The van der Waals surface area contributed by atoms with Gasteiger partial charge in [-0.15, -0.1) is 16.4 Å². The maximum atomic E-state index is 12.7. The molecule has 0 spiro atoms. The number of carbonyl (C=O) groups excluding carboxylic acids is 1. The van der Waals surface area contributed by atoms with E-state index < -0.39 is 0 Å². The number of nitrogens with zero attached hydrogens (tertiary/aromatic N) is 4. The third-order valence-electron chi connectivity index (χ3n) is 4.44. The van der Waals surface area contributed by atoms with Gasteiger partial charge in [0, 0.05) is 23.7 Å². The summed E-state index contributed by atoms with van der Waals surface area (Å²) in [6.45, 7) is 3.72. The average Bonchev–Trinajstić information content (AvgIpc) is 3.30. The highest BCUT2D eigenvalue weighted by Gasteiger charge is 2.19. The van der Waals surface area contributed by atoms with Crippen molar-refractivity contribution >= 4 is 40.7 Å². The van der Waals surface area contributed by atoms with Crippen molar-refractivity contribution in [2.45, 2.75) is 26.2 Å². The van der Waals surface area contributed by atoms with E-state index in [4.69, 9.17) is 11.6 Å². The first-order chi connectivity index (χ1) is 13.1. The molecule has 3 heterocycles. The number of aryl methyl sites for hydroxylation is 1. The highest BCUT2D eigenvalue weighted by Crippen LogP contribution is 2.29. The molecule has 7 nitrogen and oxygen atoms in total. The number of halogens is 1. The second kappa shape index (κ2) is 7.66. The molecule has 0 bridgehead atoms. The van der Waals surface area contributed by atoms with E-state index in [9.17, 15) is 4.79 Å². The number of thiazole rings is 1. The van der Waals surface area contributed by atoms with Crippen LogP contribution in [0.1, 0.15) is 34.6 Å². The summed E-state index contributed by atoms with van der Waals surface area (Å²) in [7, 11) is 0. The number of carbonyl (C=O) groups is 1. The standard InChI is InChI=1S/C18H19ClN6OS/c1-11-14(27-16(20-11)12-5-7-13(19)8-6-12)15(26)21-17-22-18(24-23-17)25-9-3-2-4-10-25/h5-8H,2-4,9-10H2,1H3,(H2,21,22,23,24,26). The largest absolute Gasteiger partial charge is 0.340 e. The second-order valence-corrected chi connectivity index (χ2v) is 7.86. The number of amides is 1. The monoisotopic (exact) mass is 402 g/mol. The Kier molecular flexibility index (Phi) is 5.09. The van der Waals surface area contributed by atoms with Crippen LogP contribution >= 0.6 is 22.9 Å². The number of aromatic nitrogens is 4. The van der Waals surface area contributed by atoms with Crippen LogP contribution in [0.2, 0.25) is 5.02 Å². The number of benzene rings is 1. The van der Waals surface area contributed by atoms with E-state index >= 15 is 0 Å². The zero-order valence-corrected chi connectivity index (χ0v) is 16.4. The number of piperidine rings is 1. The third-order valence-corrected chi connectivity index (χ3v) is 5.90. The highest BCUT2D eigenvalue weighted by atomic mass is 35.5. The fourth-order valence-electron chi connectivity index (χ4n) is 3.03. The van der Waals surface area contributed by atoms with Crippen molar-refractivity contribution in [2.24, 2.45) is 0 Å². The predicted octanol–water partition coefficient (Wildman–Crippen LogP) is 4.13. The summed E-state index contributed by atoms with van der Waals surface area (Å²) < 4.78 is 0. The van der Waals surface area contributed by atoms with Crippen LogP contribution in [0.4, 0.5) is 11.9 Å². The zero-order valence-electron chi connectivity index (χ0n) is 14.8. The van der Waals surface area contributed by atoms with Gasteiger partial charge in [-0.3, -0.25) is 10.1 Å². The molecule has 3 aromatic rings. The molecular weight excluding hydrogens is 384 g/mol. The Morgan fingerprint density at radius 1 is 1.19 bits per heavy atom. The number of anilines is 2. The molecule has 1 aromatic carbocycles. The molecule has 4 rings (SSSR count). The lowest BCUT2D eigenvalue weighted by atomic mass is 10.1. The summed E-state index contributed by atoms with van der Waals surface area (Å²) in [5.41, 5.74) is 1.61. The number of nitrogens with one attached hydrogen (secondary N) is 2. The molecule has 27 heavy (non-hydrogen) atoms. The number of H-pyrrole nitrogens is 1. The van der Waals surface area contributed by atoms with Gasteiger partial charge in [0.1, 0.15) is 9.88 Å². The summed E-state index contributed by atoms with van der Waals surface area (Å²) in [6.07, 6.45) is 3.53. The van der Waals surface area contributed by atoms with Gasteiger partial charge in [0.25, 0.3) is 5.91 Å². The van der Waals surface area contributed by atoms with Gasteiger partial charge in [-0.1, -0.05) is 23.7 Å². The van der Waals surface area contributed by atoms with Gasteiger partial charge in [-0.2, -0.15) is 4.98 Å². The Morgan fingerprint density at radius 3 is 2.67 bits per heavy atom. The van der Waals surface area contributed by atoms with Crippen molar-refractivity contribution in [3.05, 3.63) is 39.9 Å². The van der Waals surface area contributed by atoms with Crippen molar-refractivity contribution in [1.82, 2.24) is 20.2 Å².